The van der Waals surface area contributed by atoms with Gasteiger partial charge >= 0.3 is 0 Å². The second-order valence-corrected chi connectivity index (χ2v) is 3.33. The number of aryl methyl sites for hydroxylation is 1. The minimum absolute atomic E-state index is 0.941. The van der Waals surface area contributed by atoms with Gasteiger partial charge in [-0.2, -0.15) is 0 Å². The van der Waals surface area contributed by atoms with E-state index in [9.17, 15) is 8.42 Å². The van der Waals surface area contributed by atoms with E-state index < -0.39 is 10.7 Å². The van der Waals surface area contributed by atoms with Gasteiger partial charge in [-0.3, -0.25) is 0 Å². The third kappa shape index (κ3) is 2.51. The molecule has 0 saturated carbocycles. The Kier molecular flexibility index (Phi) is 3.05. The molecule has 0 aliphatic rings. The van der Waals surface area contributed by atoms with Gasteiger partial charge in [-0.1, -0.05) is 24.3 Å². The zero-order valence-electron chi connectivity index (χ0n) is 6.73. The molecule has 0 spiro atoms. The average Bonchev–Trinajstić information content (AvgIpc) is 2.03. The summed E-state index contributed by atoms with van der Waals surface area (Å²) in [5.74, 6) is 0. The predicted octanol–water partition coefficient (Wildman–Crippen LogP) is 1.58. The van der Waals surface area contributed by atoms with Crippen LogP contribution in [0.2, 0.25) is 0 Å². The van der Waals surface area contributed by atoms with Crippen LogP contribution in [0.15, 0.2) is 29.7 Å². The normalized spacial score (nSPS) is 11.2. The first kappa shape index (κ1) is 9.00. The first-order chi connectivity index (χ1) is 5.70. The van der Waals surface area contributed by atoms with Crippen molar-refractivity contribution in [2.24, 2.45) is 0 Å². The molecule has 12 heavy (non-hydrogen) atoms. The van der Waals surface area contributed by atoms with Crippen LogP contribution in [0.1, 0.15) is 11.1 Å². The molecule has 0 fully saturated rings. The number of hydrogen-bond donors (Lipinski definition) is 1. The van der Waals surface area contributed by atoms with Gasteiger partial charge in [0.05, 0.1) is 0 Å². The molecule has 0 aliphatic carbocycles. The third-order valence-electron chi connectivity index (χ3n) is 1.56. The van der Waals surface area contributed by atoms with Crippen molar-refractivity contribution in [3.05, 3.63) is 40.8 Å². The Morgan fingerprint density at radius 2 is 1.92 bits per heavy atom. The number of benzene rings is 1. The molecule has 0 saturated heterocycles. The quantitative estimate of drug-likeness (QED) is 0.704. The summed E-state index contributed by atoms with van der Waals surface area (Å²) in [6.45, 7) is 1.94. The van der Waals surface area contributed by atoms with Gasteiger partial charge in [-0.25, -0.2) is 8.42 Å². The topological polar surface area (TPSA) is 34.1 Å². The van der Waals surface area contributed by atoms with Gasteiger partial charge in [0.15, 0.2) is 10.7 Å². The Morgan fingerprint density at radius 3 is 2.50 bits per heavy atom. The van der Waals surface area contributed by atoms with E-state index in [4.69, 9.17) is 0 Å². The Labute approximate surface area is 73.5 Å². The molecule has 0 amide bonds. The monoisotopic (exact) mass is 182 g/mol. The highest BCUT2D eigenvalue weighted by atomic mass is 32.2. The molecule has 0 N–H and O–H groups in total. The summed E-state index contributed by atoms with van der Waals surface area (Å²) in [4.78, 5) is 0. The Hall–Kier alpha value is -1.09. The van der Waals surface area contributed by atoms with Crippen molar-refractivity contribution >= 4 is 16.8 Å². The lowest BCUT2D eigenvalue weighted by molar-refractivity contribution is 0.622. The summed E-state index contributed by atoms with van der Waals surface area (Å²) < 4.78 is 20.5. The van der Waals surface area contributed by atoms with E-state index in [1.165, 1.54) is 5.41 Å². The van der Waals surface area contributed by atoms with Gasteiger partial charge in [0.2, 0.25) is 0 Å². The number of rotatable bonds is 2. The number of hydrogen-bond acceptors (Lipinski definition) is 2. The molecule has 1 rings (SSSR count). The fraction of sp³-hybridized carbons (Fsp3) is 0.111. The van der Waals surface area contributed by atoms with Gasteiger partial charge < -0.3 is 0 Å². The molecule has 0 unspecified atom stereocenters. The van der Waals surface area contributed by atoms with Crippen LogP contribution in [0.3, 0.4) is 0 Å². The van der Waals surface area contributed by atoms with Crippen LogP contribution in [-0.2, 0) is 10.7 Å². The first-order valence-corrected chi connectivity index (χ1v) is 4.82. The maximum atomic E-state index is 10.2. The molecule has 0 radical (unpaired) electrons. The molecule has 0 heterocycles. The van der Waals surface area contributed by atoms with Crippen molar-refractivity contribution < 1.29 is 8.42 Å². The minimum Gasteiger partial charge on any atom is -0.227 e. The maximum Gasteiger partial charge on any atom is 0.161 e. The van der Waals surface area contributed by atoms with Crippen molar-refractivity contribution in [2.45, 2.75) is 6.92 Å². The molecule has 0 bridgehead atoms. The highest BCUT2D eigenvalue weighted by Gasteiger charge is 1.89. The summed E-state index contributed by atoms with van der Waals surface area (Å²) in [5, 5.41) is 1.18. The van der Waals surface area contributed by atoms with Crippen molar-refractivity contribution in [3.8, 4) is 0 Å². The second-order valence-electron chi connectivity index (χ2n) is 2.46. The van der Waals surface area contributed by atoms with E-state index in [1.807, 2.05) is 31.2 Å². The van der Waals surface area contributed by atoms with Crippen molar-refractivity contribution in [1.82, 2.24) is 0 Å². The van der Waals surface area contributed by atoms with Gasteiger partial charge in [0.25, 0.3) is 0 Å². The highest BCUT2D eigenvalue weighted by molar-refractivity contribution is 7.75. The van der Waals surface area contributed by atoms with E-state index in [-0.39, 0.29) is 0 Å². The minimum atomic E-state index is -2.42. The lowest BCUT2D eigenvalue weighted by Gasteiger charge is -1.96. The number of thiol groups is 1. The third-order valence-corrected chi connectivity index (χ3v) is 1.96. The van der Waals surface area contributed by atoms with Gasteiger partial charge in [0.1, 0.15) is 0 Å². The zero-order valence-corrected chi connectivity index (χ0v) is 7.62. The average molecular weight is 182 g/mol. The summed E-state index contributed by atoms with van der Waals surface area (Å²) in [5.41, 5.74) is 2.02. The highest BCUT2D eigenvalue weighted by Crippen LogP contribution is 2.08. The molecule has 0 aliphatic heterocycles. The zero-order chi connectivity index (χ0) is 8.97. The van der Waals surface area contributed by atoms with Crippen LogP contribution in [0.25, 0.3) is 6.08 Å². The predicted molar refractivity (Wildman–Crippen MR) is 50.5 cm³/mol. The van der Waals surface area contributed by atoms with Crippen molar-refractivity contribution in [2.75, 3.05) is 0 Å². The van der Waals surface area contributed by atoms with Gasteiger partial charge in [-0.15, -0.1) is 0 Å². The fourth-order valence-corrected chi connectivity index (χ4v) is 1.20. The van der Waals surface area contributed by atoms with Crippen molar-refractivity contribution in [1.29, 1.82) is 0 Å². The van der Waals surface area contributed by atoms with Crippen molar-refractivity contribution in [3.63, 3.8) is 0 Å². The summed E-state index contributed by atoms with van der Waals surface area (Å²) in [6, 6.07) is 7.62. The first-order valence-electron chi connectivity index (χ1n) is 3.57. The van der Waals surface area contributed by atoms with Crippen LogP contribution < -0.4 is 0 Å². The van der Waals surface area contributed by atoms with Gasteiger partial charge in [0, 0.05) is 5.41 Å². The summed E-state index contributed by atoms with van der Waals surface area (Å²) in [6.07, 6.45) is 1.60. The van der Waals surface area contributed by atoms with Crippen LogP contribution in [0.4, 0.5) is 0 Å². The molecule has 2 nitrogen and oxygen atoms in total. The van der Waals surface area contributed by atoms with E-state index in [0.29, 0.717) is 0 Å². The van der Waals surface area contributed by atoms with Crippen LogP contribution in [-0.4, -0.2) is 8.42 Å². The molecule has 0 aromatic heterocycles. The maximum absolute atomic E-state index is 10.2. The SMILES string of the molecule is Cc1ccccc1C=C[SH](=O)=O. The van der Waals surface area contributed by atoms with Crippen LogP contribution >= 0.6 is 0 Å². The molecule has 1 aromatic carbocycles. The van der Waals surface area contributed by atoms with E-state index in [0.717, 1.165) is 11.1 Å². The second kappa shape index (κ2) is 4.07. The molecule has 1 aromatic rings. The molecule has 3 heteroatoms. The summed E-state index contributed by atoms with van der Waals surface area (Å²) in [7, 11) is -2.42. The molecular weight excluding hydrogens is 172 g/mol. The Bertz CT molecular complexity index is 357. The van der Waals surface area contributed by atoms with E-state index >= 15 is 0 Å². The standard InChI is InChI=1S/C9H10O2S/c1-8-4-2-3-5-9(8)6-7-12(10)11/h2-7,12H,1H3. The Morgan fingerprint density at radius 1 is 1.25 bits per heavy atom. The van der Waals surface area contributed by atoms with Crippen LogP contribution in [0.5, 0.6) is 0 Å². The van der Waals surface area contributed by atoms with Crippen LogP contribution in [0, 0.1) is 6.92 Å². The largest absolute Gasteiger partial charge is 0.227 e. The fourth-order valence-electron chi connectivity index (χ4n) is 0.915. The summed E-state index contributed by atoms with van der Waals surface area (Å²) >= 11 is 0. The molecule has 64 valence electrons. The molecule has 0 atom stereocenters. The lowest BCUT2D eigenvalue weighted by atomic mass is 10.1. The Balaban J connectivity index is 2.97. The molecular formula is C9H10O2S. The van der Waals surface area contributed by atoms with E-state index in [1.54, 1.807) is 6.08 Å². The smallest absolute Gasteiger partial charge is 0.161 e. The van der Waals surface area contributed by atoms with E-state index in [2.05, 4.69) is 0 Å². The van der Waals surface area contributed by atoms with Gasteiger partial charge in [-0.05, 0) is 24.1 Å². The lowest BCUT2D eigenvalue weighted by Crippen LogP contribution is -1.77.